The molecule has 0 heterocycles. The average molecular weight is 268 g/mol. The minimum atomic E-state index is -2.55. The van der Waals surface area contributed by atoms with Crippen molar-refractivity contribution in [1.82, 2.24) is 0 Å². The van der Waals surface area contributed by atoms with E-state index in [1.807, 2.05) is 36.9 Å². The van der Waals surface area contributed by atoms with Crippen LogP contribution in [-0.2, 0) is 13.6 Å². The van der Waals surface area contributed by atoms with Crippen LogP contribution in [0.1, 0.15) is 0 Å². The van der Waals surface area contributed by atoms with Crippen LogP contribution < -0.4 is 5.19 Å². The zero-order chi connectivity index (χ0) is 13.4. The Morgan fingerprint density at radius 1 is 1.22 bits per heavy atom. The highest BCUT2D eigenvalue weighted by Crippen LogP contribution is 2.09. The molecule has 1 N–H and O–H groups in total. The van der Waals surface area contributed by atoms with E-state index in [2.05, 4.69) is 0 Å². The lowest BCUT2D eigenvalue weighted by molar-refractivity contribution is 0.0881. The minimum Gasteiger partial charge on any atom is -0.390 e. The quantitative estimate of drug-likeness (QED) is 0.557. The molecule has 0 aromatic heterocycles. The van der Waals surface area contributed by atoms with Gasteiger partial charge in [-0.1, -0.05) is 30.3 Å². The molecule has 0 saturated carbocycles. The van der Waals surface area contributed by atoms with Gasteiger partial charge in [-0.3, -0.25) is 0 Å². The summed E-state index contributed by atoms with van der Waals surface area (Å²) in [5.74, 6) is 0. The molecule has 0 spiro atoms. The molecular weight excluding hydrogens is 248 g/mol. The molecule has 0 aliphatic carbocycles. The highest BCUT2D eigenvalue weighted by molar-refractivity contribution is 6.79. The number of aliphatic hydroxyl groups is 1. The second-order valence-electron chi connectivity index (χ2n) is 4.03. The van der Waals surface area contributed by atoms with E-state index in [0.29, 0.717) is 13.2 Å². The number of methoxy groups -OCH3 is 1. The van der Waals surface area contributed by atoms with Crippen molar-refractivity contribution in [3.63, 3.8) is 0 Å². The van der Waals surface area contributed by atoms with Crippen LogP contribution >= 0.6 is 0 Å². The third-order valence-corrected chi connectivity index (χ3v) is 5.35. The zero-order valence-electron chi connectivity index (χ0n) is 10.8. The van der Waals surface area contributed by atoms with Crippen molar-refractivity contribution in [2.75, 3.05) is 26.9 Å². The van der Waals surface area contributed by atoms with Gasteiger partial charge in [0, 0.05) is 7.11 Å². The summed E-state index contributed by atoms with van der Waals surface area (Å²) in [6.07, 6.45) is -0.994. The first-order valence-corrected chi connectivity index (χ1v) is 8.16. The van der Waals surface area contributed by atoms with E-state index in [0.717, 1.165) is 5.19 Å². The Morgan fingerprint density at radius 2 is 1.89 bits per heavy atom. The Labute approximate surface area is 110 Å². The van der Waals surface area contributed by atoms with Crippen LogP contribution in [0.5, 0.6) is 0 Å². The Kier molecular flexibility index (Phi) is 6.52. The number of benzene rings is 1. The molecule has 2 radical (unpaired) electrons. The first-order chi connectivity index (χ1) is 8.58. The summed E-state index contributed by atoms with van der Waals surface area (Å²) >= 11 is 0. The highest BCUT2D eigenvalue weighted by Gasteiger charge is 2.34. The van der Waals surface area contributed by atoms with Gasteiger partial charge < -0.3 is 18.7 Å². The Morgan fingerprint density at radius 3 is 2.44 bits per heavy atom. The first-order valence-electron chi connectivity index (χ1n) is 5.84. The minimum absolute atomic E-state index is 0.0601. The maximum absolute atomic E-state index is 9.13. The van der Waals surface area contributed by atoms with Crippen LogP contribution in [0.15, 0.2) is 30.3 Å². The van der Waals surface area contributed by atoms with E-state index >= 15 is 0 Å². The van der Waals surface area contributed by atoms with Crippen molar-refractivity contribution in [2.45, 2.75) is 12.7 Å². The molecule has 0 aliphatic rings. The molecule has 0 saturated heterocycles. The van der Waals surface area contributed by atoms with Gasteiger partial charge >= 0.3 is 8.56 Å². The van der Waals surface area contributed by atoms with Crippen LogP contribution in [0.25, 0.3) is 0 Å². The van der Waals surface area contributed by atoms with Crippen LogP contribution in [0, 0.1) is 6.92 Å². The van der Waals surface area contributed by atoms with Crippen molar-refractivity contribution >= 4 is 13.7 Å². The van der Waals surface area contributed by atoms with Gasteiger partial charge in [0.05, 0.1) is 25.9 Å². The maximum atomic E-state index is 9.13. The molecule has 2 atom stereocenters. The van der Waals surface area contributed by atoms with Gasteiger partial charge in [0.25, 0.3) is 0 Å². The topological polar surface area (TPSA) is 47.9 Å². The van der Waals surface area contributed by atoms with Gasteiger partial charge in [-0.05, 0) is 18.7 Å². The van der Waals surface area contributed by atoms with Crippen molar-refractivity contribution in [2.24, 2.45) is 0 Å². The summed E-state index contributed by atoms with van der Waals surface area (Å²) in [6.45, 7) is 8.25. The Bertz CT molecular complexity index is 331. The highest BCUT2D eigenvalue weighted by atomic mass is 28.4. The van der Waals surface area contributed by atoms with E-state index in [1.165, 1.54) is 0 Å². The van der Waals surface area contributed by atoms with Gasteiger partial charge in [0.2, 0.25) is 0 Å². The number of hydrogen-bond donors (Lipinski definition) is 1. The summed E-state index contributed by atoms with van der Waals surface area (Å²) in [5, 5.41) is 10.1. The van der Waals surface area contributed by atoms with Gasteiger partial charge in [0.15, 0.2) is 0 Å². The SMILES string of the molecule is [CH]C(O)CO[Si](C)(OCCOC)c1ccccc1. The van der Waals surface area contributed by atoms with Crippen molar-refractivity contribution in [3.05, 3.63) is 37.3 Å². The molecule has 0 bridgehead atoms. The van der Waals surface area contributed by atoms with Gasteiger partial charge in [-0.2, -0.15) is 0 Å². The lowest BCUT2D eigenvalue weighted by atomic mass is 10.4. The summed E-state index contributed by atoms with van der Waals surface area (Å²) < 4.78 is 16.5. The van der Waals surface area contributed by atoms with Crippen LogP contribution in [0.3, 0.4) is 0 Å². The lowest BCUT2D eigenvalue weighted by Crippen LogP contribution is -2.52. The average Bonchev–Trinajstić information content (AvgIpc) is 2.38. The monoisotopic (exact) mass is 268 g/mol. The molecule has 4 nitrogen and oxygen atoms in total. The fourth-order valence-electron chi connectivity index (χ4n) is 1.51. The second-order valence-corrected chi connectivity index (χ2v) is 7.08. The first kappa shape index (κ1) is 15.3. The van der Waals surface area contributed by atoms with Crippen LogP contribution in [0.2, 0.25) is 6.55 Å². The number of ether oxygens (including phenoxy) is 1. The van der Waals surface area contributed by atoms with Crippen molar-refractivity contribution in [1.29, 1.82) is 0 Å². The predicted molar refractivity (Wildman–Crippen MR) is 71.8 cm³/mol. The number of aliphatic hydroxyl groups excluding tert-OH is 1. The maximum Gasteiger partial charge on any atom is 0.369 e. The summed E-state index contributed by atoms with van der Waals surface area (Å²) in [4.78, 5) is 0. The van der Waals surface area contributed by atoms with Gasteiger partial charge in [-0.25, -0.2) is 0 Å². The van der Waals surface area contributed by atoms with Crippen molar-refractivity contribution < 1.29 is 18.7 Å². The largest absolute Gasteiger partial charge is 0.390 e. The fraction of sp³-hybridized carbons (Fsp3) is 0.462. The molecule has 18 heavy (non-hydrogen) atoms. The molecule has 0 amide bonds. The standard InChI is InChI=1S/C13H20O4Si/c1-12(14)11-17-18(3,16-10-9-15-2)13-7-5-4-6-8-13/h1,4-8,12,14H,9-11H2,2-3H3. The summed E-state index contributed by atoms with van der Waals surface area (Å²) in [6, 6.07) is 9.72. The second kappa shape index (κ2) is 7.65. The van der Waals surface area contributed by atoms with Crippen molar-refractivity contribution in [3.8, 4) is 0 Å². The molecular formula is C13H20O4Si. The summed E-state index contributed by atoms with van der Waals surface area (Å²) in [7, 11) is -0.925. The molecule has 1 aromatic rings. The van der Waals surface area contributed by atoms with E-state index in [-0.39, 0.29) is 6.61 Å². The fourth-order valence-corrected chi connectivity index (χ4v) is 3.69. The third-order valence-electron chi connectivity index (χ3n) is 2.49. The van der Waals surface area contributed by atoms with E-state index in [4.69, 9.17) is 25.6 Å². The normalized spacial score (nSPS) is 16.2. The number of hydrogen-bond acceptors (Lipinski definition) is 4. The molecule has 2 unspecified atom stereocenters. The molecule has 5 heteroatoms. The van der Waals surface area contributed by atoms with E-state index < -0.39 is 14.7 Å². The molecule has 1 rings (SSSR count). The van der Waals surface area contributed by atoms with Crippen LogP contribution in [0.4, 0.5) is 0 Å². The third kappa shape index (κ3) is 4.87. The van der Waals surface area contributed by atoms with E-state index in [1.54, 1.807) is 7.11 Å². The van der Waals surface area contributed by atoms with Gasteiger partial charge in [0.1, 0.15) is 0 Å². The van der Waals surface area contributed by atoms with Crippen LogP contribution in [-0.4, -0.2) is 46.7 Å². The molecule has 1 aromatic carbocycles. The molecule has 0 fully saturated rings. The molecule has 100 valence electrons. The molecule has 0 aliphatic heterocycles. The number of rotatable bonds is 8. The lowest BCUT2D eigenvalue weighted by Gasteiger charge is -2.28. The predicted octanol–water partition coefficient (Wildman–Crippen LogP) is 0.717. The zero-order valence-corrected chi connectivity index (χ0v) is 11.8. The van der Waals surface area contributed by atoms with E-state index in [9.17, 15) is 0 Å². The van der Waals surface area contributed by atoms with Gasteiger partial charge in [-0.15, -0.1) is 0 Å². The Hall–Kier alpha value is -0.723. The summed E-state index contributed by atoms with van der Waals surface area (Å²) in [5.41, 5.74) is 0. The Balaban J connectivity index is 2.73. The smallest absolute Gasteiger partial charge is 0.369 e.